The summed E-state index contributed by atoms with van der Waals surface area (Å²) in [5, 5.41) is 17.9. The molecule has 3 heterocycles. The number of hydrogen-bond donors (Lipinski definition) is 3. The van der Waals surface area contributed by atoms with E-state index in [-0.39, 0.29) is 16.6 Å². The molecule has 1 fully saturated rings. The summed E-state index contributed by atoms with van der Waals surface area (Å²) < 4.78 is 33.5. The first-order valence-corrected chi connectivity index (χ1v) is 13.3. The van der Waals surface area contributed by atoms with Crippen LogP contribution in [0, 0.1) is 11.6 Å². The van der Waals surface area contributed by atoms with E-state index in [1.807, 2.05) is 37.4 Å². The lowest BCUT2D eigenvalue weighted by molar-refractivity contribution is 0.159. The zero-order valence-electron chi connectivity index (χ0n) is 21.5. The predicted octanol–water partition coefficient (Wildman–Crippen LogP) is 4.02. The van der Waals surface area contributed by atoms with E-state index < -0.39 is 17.7 Å². The van der Waals surface area contributed by atoms with Gasteiger partial charge in [-0.05, 0) is 33.6 Å². The molecule has 2 aromatic carbocycles. The third kappa shape index (κ3) is 5.50. The molecule has 3 atom stereocenters. The Morgan fingerprint density at radius 3 is 2.69 bits per heavy atom. The number of allylic oxidation sites excluding steroid dienone is 1. The number of ether oxygens (including phenoxy) is 1. The van der Waals surface area contributed by atoms with Crippen LogP contribution >= 0.6 is 15.9 Å². The molecule has 39 heavy (non-hydrogen) atoms. The second-order valence-corrected chi connectivity index (χ2v) is 10.4. The topological polar surface area (TPSA) is 94.6 Å². The second-order valence-electron chi connectivity index (χ2n) is 9.63. The summed E-state index contributed by atoms with van der Waals surface area (Å²) in [4.78, 5) is 15.6. The van der Waals surface area contributed by atoms with Crippen LogP contribution in [0.25, 0.3) is 0 Å². The fourth-order valence-electron chi connectivity index (χ4n) is 5.06. The molecule has 2 amide bonds. The van der Waals surface area contributed by atoms with Gasteiger partial charge in [-0.2, -0.15) is 5.10 Å². The van der Waals surface area contributed by atoms with E-state index >= 15 is 0 Å². The number of quaternary nitrogens is 1. The van der Waals surface area contributed by atoms with Crippen molar-refractivity contribution in [3.8, 4) is 0 Å². The van der Waals surface area contributed by atoms with E-state index in [4.69, 9.17) is 9.84 Å². The molecule has 9 nitrogen and oxygen atoms in total. The highest BCUT2D eigenvalue weighted by atomic mass is 79.9. The molecular formula is C27H29BrF2N7O2+. The number of aromatic amines is 1. The number of methoxy groups -OCH3 is 1. The van der Waals surface area contributed by atoms with Crippen molar-refractivity contribution in [3.05, 3.63) is 94.0 Å². The number of rotatable bonds is 8. The molecule has 1 unspecified atom stereocenters. The third-order valence-electron chi connectivity index (χ3n) is 7.11. The van der Waals surface area contributed by atoms with Crippen molar-refractivity contribution in [2.75, 3.05) is 40.4 Å². The van der Waals surface area contributed by atoms with Crippen molar-refractivity contribution in [3.63, 3.8) is 0 Å². The van der Waals surface area contributed by atoms with Gasteiger partial charge in [-0.3, -0.25) is 15.3 Å². The Hall–Kier alpha value is -3.45. The average molecular weight is 601 g/mol. The molecule has 1 saturated heterocycles. The molecular weight excluding hydrogens is 572 g/mol. The van der Waals surface area contributed by atoms with Crippen molar-refractivity contribution in [1.29, 1.82) is 0 Å². The normalized spacial score (nSPS) is 23.3. The summed E-state index contributed by atoms with van der Waals surface area (Å²) in [6.45, 7) is 2.27. The molecule has 2 aliphatic rings. The molecule has 1 aromatic heterocycles. The number of nitrogens with one attached hydrogen (secondary N) is 3. The number of carbonyl (C=O) groups excluding carboxylic acids is 1. The number of nitrogens with zero attached hydrogens (tertiary/aromatic N) is 4. The summed E-state index contributed by atoms with van der Waals surface area (Å²) in [7, 11) is 3.51. The van der Waals surface area contributed by atoms with Gasteiger partial charge in [0.15, 0.2) is 23.0 Å². The van der Waals surface area contributed by atoms with Crippen molar-refractivity contribution in [2.45, 2.75) is 12.0 Å². The van der Waals surface area contributed by atoms with Crippen LogP contribution in [0.3, 0.4) is 0 Å². The maximum Gasteiger partial charge on any atom is 0.323 e. The van der Waals surface area contributed by atoms with Crippen LogP contribution in [0.2, 0.25) is 0 Å². The van der Waals surface area contributed by atoms with E-state index in [2.05, 4.69) is 41.7 Å². The molecule has 0 radical (unpaired) electrons. The summed E-state index contributed by atoms with van der Waals surface area (Å²) in [5.41, 5.74) is 2.87. The average Bonchev–Trinajstić information content (AvgIpc) is 3.66. The Kier molecular flexibility index (Phi) is 7.89. The largest absolute Gasteiger partial charge is 0.383 e. The molecule has 2 aliphatic heterocycles. The van der Waals surface area contributed by atoms with Crippen molar-refractivity contribution < 1.29 is 18.3 Å². The van der Waals surface area contributed by atoms with Gasteiger partial charge in [0.1, 0.15) is 11.5 Å². The van der Waals surface area contributed by atoms with E-state index in [9.17, 15) is 13.6 Å². The first kappa shape index (κ1) is 27.1. The van der Waals surface area contributed by atoms with Crippen molar-refractivity contribution >= 4 is 33.4 Å². The number of H-pyrrole nitrogens is 1. The first-order chi connectivity index (χ1) is 18.8. The summed E-state index contributed by atoms with van der Waals surface area (Å²) >= 11 is 3.66. The van der Waals surface area contributed by atoms with Gasteiger partial charge < -0.3 is 10.1 Å². The molecule has 204 valence electrons. The van der Waals surface area contributed by atoms with E-state index in [1.165, 1.54) is 6.07 Å². The first-order valence-electron chi connectivity index (χ1n) is 12.5. The fraction of sp³-hybridized carbons (Fsp3) is 0.296. The monoisotopic (exact) mass is 600 g/mol. The standard InChI is InChI=1S/C27H28BrF2N7O2/c1-37(19-6-4-3-5-7-19)26(24(28)25(35-37)18-13-31-32-14-18)34-27(38)33-23-16-36(10-11-39-2)15-20(23)17-8-9-21(29)22(30)12-17/h3-9,12-14,20,23H,10-11,15-16H2,1-2H3,(H2-,31,32,33,34,35,38)/p+1/t20-,23+,37?/m0/s1. The number of para-hydroxylation sites is 1. The minimum atomic E-state index is -0.911. The Labute approximate surface area is 233 Å². The minimum Gasteiger partial charge on any atom is -0.383 e. The quantitative estimate of drug-likeness (QED) is 0.340. The van der Waals surface area contributed by atoms with Gasteiger partial charge in [0, 0.05) is 56.6 Å². The number of hydrogen-bond acceptors (Lipinski definition) is 5. The molecule has 0 bridgehead atoms. The van der Waals surface area contributed by atoms with E-state index in [0.29, 0.717) is 47.8 Å². The molecule has 0 spiro atoms. The molecule has 5 rings (SSSR count). The van der Waals surface area contributed by atoms with E-state index in [0.717, 1.165) is 17.3 Å². The van der Waals surface area contributed by atoms with Crippen LogP contribution < -0.4 is 15.2 Å². The number of amides is 2. The highest BCUT2D eigenvalue weighted by Gasteiger charge is 2.44. The molecule has 3 aromatic rings. The van der Waals surface area contributed by atoms with Crippen molar-refractivity contribution in [1.82, 2.24) is 30.3 Å². The van der Waals surface area contributed by atoms with Gasteiger partial charge in [0.05, 0.1) is 18.8 Å². The number of carbonyl (C=O) groups is 1. The zero-order chi connectivity index (χ0) is 27.6. The number of benzene rings is 2. The fourth-order valence-corrected chi connectivity index (χ4v) is 5.81. The number of urea groups is 1. The Balaban J connectivity index is 1.41. The Morgan fingerprint density at radius 1 is 1.21 bits per heavy atom. The predicted molar refractivity (Wildman–Crippen MR) is 148 cm³/mol. The zero-order valence-corrected chi connectivity index (χ0v) is 23.1. The van der Waals surface area contributed by atoms with Crippen LogP contribution in [-0.2, 0) is 4.74 Å². The van der Waals surface area contributed by atoms with E-state index in [1.54, 1.807) is 25.6 Å². The Bertz CT molecular complexity index is 1400. The Morgan fingerprint density at radius 2 is 2.00 bits per heavy atom. The van der Waals surface area contributed by atoms with Gasteiger partial charge in [-0.25, -0.2) is 13.6 Å². The maximum absolute atomic E-state index is 14.1. The summed E-state index contributed by atoms with van der Waals surface area (Å²) in [6, 6.07) is 12.7. The SMILES string of the molecule is COCCN1C[C@@H](NC(=O)NC2=C(Br)C(c3cn[nH]c3)=N[N+]2(C)c2ccccc2)[C@H](c2ccc(F)c(F)c2)C1. The highest BCUT2D eigenvalue weighted by Crippen LogP contribution is 2.37. The van der Waals surface area contributed by atoms with Crippen LogP contribution in [0.15, 0.2) is 76.3 Å². The lowest BCUT2D eigenvalue weighted by atomic mass is 9.94. The molecule has 12 heteroatoms. The van der Waals surface area contributed by atoms with Gasteiger partial charge in [0.25, 0.3) is 5.82 Å². The number of halogens is 3. The van der Waals surface area contributed by atoms with Gasteiger partial charge in [-0.1, -0.05) is 29.4 Å². The molecule has 0 aliphatic carbocycles. The second kappa shape index (κ2) is 11.3. The lowest BCUT2D eigenvalue weighted by Gasteiger charge is -2.27. The van der Waals surface area contributed by atoms with Crippen LogP contribution in [0.4, 0.5) is 19.3 Å². The summed E-state index contributed by atoms with van der Waals surface area (Å²) in [5.74, 6) is -1.53. The minimum absolute atomic E-state index is 0.0351. The molecule has 0 saturated carbocycles. The van der Waals surface area contributed by atoms with Crippen LogP contribution in [-0.4, -0.2) is 73.3 Å². The summed E-state index contributed by atoms with van der Waals surface area (Å²) in [6.07, 6.45) is 3.40. The highest BCUT2D eigenvalue weighted by molar-refractivity contribution is 9.12. The van der Waals surface area contributed by atoms with Gasteiger partial charge in [0.2, 0.25) is 0 Å². The number of likely N-dealkylation sites (tertiary alicyclic amines) is 1. The van der Waals surface area contributed by atoms with Crippen molar-refractivity contribution in [2.24, 2.45) is 5.10 Å². The third-order valence-corrected chi connectivity index (χ3v) is 7.86. The smallest absolute Gasteiger partial charge is 0.323 e. The van der Waals surface area contributed by atoms with Gasteiger partial charge >= 0.3 is 6.03 Å². The van der Waals surface area contributed by atoms with Crippen LogP contribution in [0.1, 0.15) is 17.0 Å². The molecule has 3 N–H and O–H groups in total. The van der Waals surface area contributed by atoms with Gasteiger partial charge in [-0.15, -0.1) is 4.59 Å². The number of aromatic nitrogens is 2. The maximum atomic E-state index is 14.1. The van der Waals surface area contributed by atoms with Crippen LogP contribution in [0.5, 0.6) is 0 Å². The lowest BCUT2D eigenvalue weighted by Crippen LogP contribution is -2.50.